The Morgan fingerprint density at radius 1 is 1.28 bits per heavy atom. The maximum Gasteiger partial charge on any atom is 0.339 e. The van der Waals surface area contributed by atoms with Crippen molar-refractivity contribution in [1.82, 2.24) is 5.32 Å². The zero-order valence-corrected chi connectivity index (χ0v) is 16.0. The molecule has 0 bridgehead atoms. The molecule has 8 nitrogen and oxygen atoms in total. The number of nitrogens with one attached hydrogen (secondary N) is 1. The summed E-state index contributed by atoms with van der Waals surface area (Å²) in [5, 5.41) is 1.91. The van der Waals surface area contributed by atoms with Gasteiger partial charge in [-0.2, -0.15) is 0 Å². The van der Waals surface area contributed by atoms with Crippen LogP contribution in [0.15, 0.2) is 16.6 Å². The monoisotopic (exact) mass is 416 g/mol. The van der Waals surface area contributed by atoms with Crippen LogP contribution < -0.4 is 20.5 Å². The summed E-state index contributed by atoms with van der Waals surface area (Å²) in [7, 11) is 1.44. The lowest BCUT2D eigenvalue weighted by atomic mass is 10.1. The molecule has 3 amide bonds. The molecule has 3 N–H and O–H groups in total. The third-order valence-electron chi connectivity index (χ3n) is 3.10. The Morgan fingerprint density at radius 2 is 1.92 bits per heavy atom. The van der Waals surface area contributed by atoms with Gasteiger partial charge in [-0.3, -0.25) is 10.1 Å². The molecule has 0 radical (unpaired) electrons. The highest BCUT2D eigenvalue weighted by molar-refractivity contribution is 9.10. The first-order valence-corrected chi connectivity index (χ1v) is 8.32. The molecule has 0 saturated heterocycles. The number of methoxy groups -OCH3 is 1. The topological polar surface area (TPSA) is 117 Å². The van der Waals surface area contributed by atoms with Crippen LogP contribution in [0.4, 0.5) is 4.79 Å². The fourth-order valence-electron chi connectivity index (χ4n) is 1.99. The number of hydrogen-bond acceptors (Lipinski definition) is 6. The van der Waals surface area contributed by atoms with Gasteiger partial charge in [0.2, 0.25) is 0 Å². The summed E-state index contributed by atoms with van der Waals surface area (Å²) in [5.74, 6) is -1.11. The summed E-state index contributed by atoms with van der Waals surface area (Å²) in [6.45, 7) is 5.58. The molecule has 0 aliphatic carbocycles. The molecule has 0 fully saturated rings. The molecule has 0 saturated carbocycles. The minimum Gasteiger partial charge on any atom is -0.493 e. The number of esters is 1. The molecule has 1 unspecified atom stereocenters. The molecule has 1 rings (SSSR count). The van der Waals surface area contributed by atoms with Gasteiger partial charge in [-0.15, -0.1) is 0 Å². The van der Waals surface area contributed by atoms with Crippen LogP contribution in [0.25, 0.3) is 0 Å². The second-order valence-electron chi connectivity index (χ2n) is 5.35. The summed E-state index contributed by atoms with van der Waals surface area (Å²) < 4.78 is 16.4. The van der Waals surface area contributed by atoms with Gasteiger partial charge in [-0.05, 0) is 40.9 Å². The maximum absolute atomic E-state index is 12.4. The highest BCUT2D eigenvalue weighted by Gasteiger charge is 2.28. The molecule has 1 aromatic rings. The molecule has 0 aliphatic rings. The normalized spacial score (nSPS) is 11.6. The number of amides is 3. The van der Waals surface area contributed by atoms with E-state index in [1.165, 1.54) is 19.2 Å². The summed E-state index contributed by atoms with van der Waals surface area (Å²) in [6.07, 6.45) is -1.17. The van der Waals surface area contributed by atoms with E-state index in [1.807, 2.05) is 12.2 Å². The molecule has 0 aromatic heterocycles. The minimum absolute atomic E-state index is 0.157. The highest BCUT2D eigenvalue weighted by atomic mass is 79.9. The van der Waals surface area contributed by atoms with Crippen molar-refractivity contribution in [3.63, 3.8) is 0 Å². The number of rotatable bonds is 7. The molecule has 0 spiro atoms. The highest BCUT2D eigenvalue weighted by Crippen LogP contribution is 2.37. The van der Waals surface area contributed by atoms with E-state index in [0.29, 0.717) is 22.6 Å². The average Bonchev–Trinajstić information content (AvgIpc) is 2.52. The number of benzene rings is 1. The largest absolute Gasteiger partial charge is 0.493 e. The predicted octanol–water partition coefficient (Wildman–Crippen LogP) is 2.23. The first kappa shape index (κ1) is 20.8. The fourth-order valence-corrected chi connectivity index (χ4v) is 2.55. The van der Waals surface area contributed by atoms with E-state index in [2.05, 4.69) is 15.9 Å². The number of ether oxygens (including phenoxy) is 3. The van der Waals surface area contributed by atoms with Crippen molar-refractivity contribution in [3.8, 4) is 11.5 Å². The van der Waals surface area contributed by atoms with Crippen molar-refractivity contribution < 1.29 is 28.6 Å². The van der Waals surface area contributed by atoms with Crippen LogP contribution in [0.2, 0.25) is 0 Å². The van der Waals surface area contributed by atoms with E-state index in [0.717, 1.165) is 0 Å². The van der Waals surface area contributed by atoms with Crippen LogP contribution in [-0.4, -0.2) is 37.7 Å². The van der Waals surface area contributed by atoms with Gasteiger partial charge in [-0.25, -0.2) is 9.59 Å². The third-order valence-corrected chi connectivity index (χ3v) is 3.69. The van der Waals surface area contributed by atoms with Gasteiger partial charge >= 0.3 is 12.0 Å². The molecule has 1 atom stereocenters. The van der Waals surface area contributed by atoms with E-state index >= 15 is 0 Å². The van der Waals surface area contributed by atoms with Crippen LogP contribution in [0, 0.1) is 5.92 Å². The quantitative estimate of drug-likeness (QED) is 0.658. The van der Waals surface area contributed by atoms with Crippen molar-refractivity contribution >= 4 is 33.8 Å². The van der Waals surface area contributed by atoms with Gasteiger partial charge in [0.1, 0.15) is 0 Å². The Bertz CT molecular complexity index is 662. The van der Waals surface area contributed by atoms with Crippen molar-refractivity contribution in [2.45, 2.75) is 26.9 Å². The number of primary amides is 1. The van der Waals surface area contributed by atoms with Gasteiger partial charge in [0, 0.05) is 0 Å². The second-order valence-corrected chi connectivity index (χ2v) is 6.20. The Morgan fingerprint density at radius 3 is 2.40 bits per heavy atom. The SMILES string of the molecule is CCOc1c(Br)cc(C(=O)OC(C(=O)NC(N)=O)C(C)C)cc1OC. The van der Waals surface area contributed by atoms with E-state index in [4.69, 9.17) is 19.9 Å². The number of carbonyl (C=O) groups is 3. The first-order valence-electron chi connectivity index (χ1n) is 7.52. The molecular weight excluding hydrogens is 396 g/mol. The standard InChI is InChI=1S/C16H21BrN2O6/c1-5-24-13-10(17)6-9(7-11(13)23-4)15(21)25-12(8(2)3)14(20)19-16(18)22/h6-8,12H,5H2,1-4H3,(H3,18,19,20,22). The lowest BCUT2D eigenvalue weighted by molar-refractivity contribution is -0.130. The Hall–Kier alpha value is -2.29. The van der Waals surface area contributed by atoms with E-state index in [1.54, 1.807) is 13.8 Å². The second kappa shape index (κ2) is 9.26. The zero-order chi connectivity index (χ0) is 19.1. The summed E-state index contributed by atoms with van der Waals surface area (Å²) in [5.41, 5.74) is 5.09. The van der Waals surface area contributed by atoms with Gasteiger partial charge in [-0.1, -0.05) is 13.8 Å². The lowest BCUT2D eigenvalue weighted by Crippen LogP contribution is -2.45. The third kappa shape index (κ3) is 5.63. The molecule has 1 aromatic carbocycles. The zero-order valence-electron chi connectivity index (χ0n) is 14.4. The van der Waals surface area contributed by atoms with Crippen LogP contribution in [0.3, 0.4) is 0 Å². The number of nitrogens with two attached hydrogens (primary N) is 1. The number of imide groups is 1. The number of carbonyl (C=O) groups excluding carboxylic acids is 3. The van der Waals surface area contributed by atoms with Gasteiger partial charge < -0.3 is 19.9 Å². The molecule has 0 heterocycles. The van der Waals surface area contributed by atoms with Gasteiger partial charge in [0.05, 0.1) is 23.8 Å². The van der Waals surface area contributed by atoms with E-state index < -0.39 is 24.0 Å². The van der Waals surface area contributed by atoms with Crippen molar-refractivity contribution in [1.29, 1.82) is 0 Å². The van der Waals surface area contributed by atoms with Crippen molar-refractivity contribution in [2.75, 3.05) is 13.7 Å². The molecule has 9 heteroatoms. The summed E-state index contributed by atoms with van der Waals surface area (Å²) in [6, 6.07) is 1.93. The summed E-state index contributed by atoms with van der Waals surface area (Å²) in [4.78, 5) is 35.2. The molecule has 25 heavy (non-hydrogen) atoms. The van der Waals surface area contributed by atoms with E-state index in [-0.39, 0.29) is 11.5 Å². The van der Waals surface area contributed by atoms with Gasteiger partial charge in [0.15, 0.2) is 17.6 Å². The van der Waals surface area contributed by atoms with E-state index in [9.17, 15) is 14.4 Å². The number of urea groups is 1. The molecule has 0 aliphatic heterocycles. The molecular formula is C16H21BrN2O6. The smallest absolute Gasteiger partial charge is 0.339 e. The number of halogens is 1. The Kier molecular flexibility index (Phi) is 7.69. The predicted molar refractivity (Wildman–Crippen MR) is 93.6 cm³/mol. The van der Waals surface area contributed by atoms with Crippen LogP contribution in [0.1, 0.15) is 31.1 Å². The van der Waals surface area contributed by atoms with Crippen molar-refractivity contribution in [3.05, 3.63) is 22.2 Å². The number of hydrogen-bond donors (Lipinski definition) is 2. The fraction of sp³-hybridized carbons (Fsp3) is 0.438. The van der Waals surface area contributed by atoms with Crippen LogP contribution in [0.5, 0.6) is 11.5 Å². The Labute approximate surface area is 154 Å². The Balaban J connectivity index is 3.07. The minimum atomic E-state index is -1.17. The van der Waals surface area contributed by atoms with Gasteiger partial charge in [0.25, 0.3) is 5.91 Å². The maximum atomic E-state index is 12.4. The molecule has 138 valence electrons. The van der Waals surface area contributed by atoms with Crippen LogP contribution >= 0.6 is 15.9 Å². The summed E-state index contributed by atoms with van der Waals surface area (Å²) >= 11 is 3.31. The first-order chi connectivity index (χ1) is 11.7. The van der Waals surface area contributed by atoms with Crippen molar-refractivity contribution in [2.24, 2.45) is 11.7 Å². The average molecular weight is 417 g/mol. The van der Waals surface area contributed by atoms with Crippen LogP contribution in [-0.2, 0) is 9.53 Å². The lowest BCUT2D eigenvalue weighted by Gasteiger charge is -2.20.